The summed E-state index contributed by atoms with van der Waals surface area (Å²) in [5.41, 5.74) is 6.36. The zero-order valence-corrected chi connectivity index (χ0v) is 6.96. The average molecular weight is 154 g/mol. The molecule has 0 radical (unpaired) electrons. The summed E-state index contributed by atoms with van der Waals surface area (Å²) in [4.78, 5) is 0. The topological polar surface area (TPSA) is 55.9 Å². The molecule has 0 aromatic carbocycles. The molecule has 0 saturated heterocycles. The third kappa shape index (κ3) is 1.94. The average Bonchev–Trinajstić information content (AvgIpc) is 2.26. The second kappa shape index (κ2) is 3.39. The van der Waals surface area contributed by atoms with Gasteiger partial charge in [-0.3, -0.25) is 4.68 Å². The third-order valence-electron chi connectivity index (χ3n) is 1.45. The van der Waals surface area contributed by atoms with Crippen LogP contribution >= 0.6 is 0 Å². The van der Waals surface area contributed by atoms with Crippen molar-refractivity contribution < 1.29 is 0 Å². The van der Waals surface area contributed by atoms with Gasteiger partial charge < -0.3 is 11.1 Å². The fourth-order valence-electron chi connectivity index (χ4n) is 0.976. The van der Waals surface area contributed by atoms with E-state index in [2.05, 4.69) is 10.4 Å². The predicted octanol–water partition coefficient (Wildman–Crippen LogP) is 0.0991. The van der Waals surface area contributed by atoms with Gasteiger partial charge in [0.15, 0.2) is 0 Å². The minimum Gasteiger partial charge on any atom is -0.369 e. The van der Waals surface area contributed by atoms with Crippen LogP contribution in [-0.2, 0) is 7.05 Å². The lowest BCUT2D eigenvalue weighted by molar-refractivity contribution is 0.757. The fraction of sp³-hybridized carbons (Fsp3) is 0.571. The Labute approximate surface area is 66.4 Å². The van der Waals surface area contributed by atoms with Crippen molar-refractivity contribution in [3.63, 3.8) is 0 Å². The maximum absolute atomic E-state index is 5.34. The van der Waals surface area contributed by atoms with Gasteiger partial charge in [0.05, 0.1) is 5.69 Å². The maximum Gasteiger partial charge on any atom is 0.124 e. The molecule has 4 nitrogen and oxygen atoms in total. The molecular formula is C7H14N4. The molecule has 11 heavy (non-hydrogen) atoms. The Bertz CT molecular complexity index is 228. The summed E-state index contributed by atoms with van der Waals surface area (Å²) in [5, 5.41) is 7.34. The molecule has 0 fully saturated rings. The number of anilines is 1. The molecule has 0 atom stereocenters. The molecule has 0 unspecified atom stereocenters. The quantitative estimate of drug-likeness (QED) is 0.649. The van der Waals surface area contributed by atoms with Crippen molar-refractivity contribution >= 4 is 5.82 Å². The molecule has 0 bridgehead atoms. The van der Waals surface area contributed by atoms with Gasteiger partial charge in [-0.05, 0) is 6.92 Å². The zero-order chi connectivity index (χ0) is 8.27. The second-order valence-electron chi connectivity index (χ2n) is 2.51. The van der Waals surface area contributed by atoms with Crippen LogP contribution in [0.4, 0.5) is 5.82 Å². The normalized spacial score (nSPS) is 10.1. The first-order valence-corrected chi connectivity index (χ1v) is 3.68. The van der Waals surface area contributed by atoms with Gasteiger partial charge in [0.25, 0.3) is 0 Å². The molecular weight excluding hydrogens is 140 g/mol. The van der Waals surface area contributed by atoms with Crippen molar-refractivity contribution in [1.29, 1.82) is 0 Å². The Kier molecular flexibility index (Phi) is 2.48. The van der Waals surface area contributed by atoms with Crippen LogP contribution in [0.2, 0.25) is 0 Å². The molecule has 4 heteroatoms. The summed E-state index contributed by atoms with van der Waals surface area (Å²) >= 11 is 0. The maximum atomic E-state index is 5.34. The van der Waals surface area contributed by atoms with E-state index in [1.807, 2.05) is 24.7 Å². The molecule has 0 amide bonds. The number of aryl methyl sites for hydroxylation is 2. The first-order chi connectivity index (χ1) is 5.24. The Hall–Kier alpha value is -1.03. The van der Waals surface area contributed by atoms with E-state index in [-0.39, 0.29) is 0 Å². The molecule has 1 aromatic heterocycles. The van der Waals surface area contributed by atoms with E-state index in [0.717, 1.165) is 18.1 Å². The molecule has 1 heterocycles. The van der Waals surface area contributed by atoms with Gasteiger partial charge in [0, 0.05) is 26.2 Å². The van der Waals surface area contributed by atoms with Crippen molar-refractivity contribution in [2.75, 3.05) is 18.4 Å². The van der Waals surface area contributed by atoms with Crippen LogP contribution in [0.1, 0.15) is 5.69 Å². The molecule has 0 aliphatic rings. The minimum atomic E-state index is 0.643. The summed E-state index contributed by atoms with van der Waals surface area (Å²) in [6.45, 7) is 3.40. The minimum absolute atomic E-state index is 0.643. The van der Waals surface area contributed by atoms with Gasteiger partial charge in [-0.2, -0.15) is 5.10 Å². The monoisotopic (exact) mass is 154 g/mol. The van der Waals surface area contributed by atoms with Gasteiger partial charge in [0.1, 0.15) is 5.82 Å². The first-order valence-electron chi connectivity index (χ1n) is 3.68. The van der Waals surface area contributed by atoms with Crippen LogP contribution < -0.4 is 11.1 Å². The number of rotatable bonds is 3. The Morgan fingerprint density at radius 1 is 1.73 bits per heavy atom. The molecule has 0 aliphatic heterocycles. The van der Waals surface area contributed by atoms with Crippen LogP contribution in [0.25, 0.3) is 0 Å². The van der Waals surface area contributed by atoms with Gasteiger partial charge in [-0.25, -0.2) is 0 Å². The van der Waals surface area contributed by atoms with E-state index >= 15 is 0 Å². The highest BCUT2D eigenvalue weighted by atomic mass is 15.3. The first kappa shape index (κ1) is 8.07. The Morgan fingerprint density at radius 2 is 2.45 bits per heavy atom. The molecule has 1 aromatic rings. The van der Waals surface area contributed by atoms with Gasteiger partial charge in [0.2, 0.25) is 0 Å². The third-order valence-corrected chi connectivity index (χ3v) is 1.45. The fourth-order valence-corrected chi connectivity index (χ4v) is 0.976. The van der Waals surface area contributed by atoms with Crippen molar-refractivity contribution in [3.8, 4) is 0 Å². The van der Waals surface area contributed by atoms with E-state index in [1.54, 1.807) is 0 Å². The smallest absolute Gasteiger partial charge is 0.124 e. The van der Waals surface area contributed by atoms with E-state index in [0.29, 0.717) is 6.54 Å². The Morgan fingerprint density at radius 3 is 2.91 bits per heavy atom. The number of hydrogen-bond acceptors (Lipinski definition) is 3. The summed E-state index contributed by atoms with van der Waals surface area (Å²) in [5.74, 6) is 1.02. The van der Waals surface area contributed by atoms with E-state index < -0.39 is 0 Å². The molecule has 0 aliphatic carbocycles. The van der Waals surface area contributed by atoms with Crippen LogP contribution in [0.15, 0.2) is 6.07 Å². The molecule has 0 spiro atoms. The SMILES string of the molecule is Cc1cc(NCCN)n(C)n1. The molecule has 0 saturated carbocycles. The Balaban J connectivity index is 2.62. The summed E-state index contributed by atoms with van der Waals surface area (Å²) in [6.07, 6.45) is 0. The predicted molar refractivity (Wildman–Crippen MR) is 45.5 cm³/mol. The number of hydrogen-bond donors (Lipinski definition) is 2. The second-order valence-corrected chi connectivity index (χ2v) is 2.51. The van der Waals surface area contributed by atoms with Crippen molar-refractivity contribution in [2.24, 2.45) is 12.8 Å². The van der Waals surface area contributed by atoms with Crippen molar-refractivity contribution in [3.05, 3.63) is 11.8 Å². The van der Waals surface area contributed by atoms with Crippen LogP contribution in [0.5, 0.6) is 0 Å². The molecule has 62 valence electrons. The lowest BCUT2D eigenvalue weighted by atomic mass is 10.4. The van der Waals surface area contributed by atoms with Crippen molar-refractivity contribution in [2.45, 2.75) is 6.92 Å². The highest BCUT2D eigenvalue weighted by Crippen LogP contribution is 2.06. The van der Waals surface area contributed by atoms with E-state index in [4.69, 9.17) is 5.73 Å². The summed E-state index contributed by atoms with van der Waals surface area (Å²) in [6, 6.07) is 2.00. The van der Waals surface area contributed by atoms with E-state index in [9.17, 15) is 0 Å². The number of nitrogens with zero attached hydrogens (tertiary/aromatic N) is 2. The van der Waals surface area contributed by atoms with Crippen LogP contribution in [-0.4, -0.2) is 22.9 Å². The summed E-state index contributed by atoms with van der Waals surface area (Å²) < 4.78 is 1.81. The number of nitrogens with one attached hydrogen (secondary N) is 1. The van der Waals surface area contributed by atoms with Crippen LogP contribution in [0.3, 0.4) is 0 Å². The number of nitrogens with two attached hydrogens (primary N) is 1. The van der Waals surface area contributed by atoms with E-state index in [1.165, 1.54) is 0 Å². The van der Waals surface area contributed by atoms with Gasteiger partial charge in [-0.1, -0.05) is 0 Å². The summed E-state index contributed by atoms with van der Waals surface area (Å²) in [7, 11) is 1.91. The number of aromatic nitrogens is 2. The largest absolute Gasteiger partial charge is 0.369 e. The highest BCUT2D eigenvalue weighted by Gasteiger charge is 1.98. The highest BCUT2D eigenvalue weighted by molar-refractivity contribution is 5.36. The molecule has 3 N–H and O–H groups in total. The zero-order valence-electron chi connectivity index (χ0n) is 6.96. The van der Waals surface area contributed by atoms with Gasteiger partial charge >= 0.3 is 0 Å². The molecule has 1 rings (SSSR count). The van der Waals surface area contributed by atoms with Gasteiger partial charge in [-0.15, -0.1) is 0 Å². The van der Waals surface area contributed by atoms with Crippen molar-refractivity contribution in [1.82, 2.24) is 9.78 Å². The lowest BCUT2D eigenvalue weighted by Gasteiger charge is -2.02. The lowest BCUT2D eigenvalue weighted by Crippen LogP contribution is -2.14. The standard InChI is InChI=1S/C7H14N4/c1-6-5-7(9-4-3-8)11(2)10-6/h5,9H,3-4,8H2,1-2H3. The van der Waals surface area contributed by atoms with Crippen LogP contribution in [0, 0.1) is 6.92 Å².